The second-order valence-corrected chi connectivity index (χ2v) is 4.21. The summed E-state index contributed by atoms with van der Waals surface area (Å²) in [5.41, 5.74) is 0.118. The Morgan fingerprint density at radius 3 is 2.31 bits per heavy atom. The van der Waals surface area contributed by atoms with Crippen molar-refractivity contribution in [3.05, 3.63) is 11.9 Å². The normalized spacial score (nSPS) is 12.1. The van der Waals surface area contributed by atoms with E-state index in [2.05, 4.69) is 10.3 Å². The monoisotopic (exact) mass is 224 g/mol. The van der Waals surface area contributed by atoms with Crippen molar-refractivity contribution in [1.29, 1.82) is 0 Å². The van der Waals surface area contributed by atoms with Crippen LogP contribution in [0.2, 0.25) is 0 Å². The maximum absolute atomic E-state index is 12.5. The quantitative estimate of drug-likeness (QED) is 0.703. The molecule has 0 spiro atoms. The van der Waals surface area contributed by atoms with Crippen LogP contribution in [0.25, 0.3) is 0 Å². The highest BCUT2D eigenvalue weighted by molar-refractivity contribution is 6.01. The van der Waals surface area contributed by atoms with Gasteiger partial charge in [0.1, 0.15) is 5.69 Å². The van der Waals surface area contributed by atoms with Gasteiger partial charge in [0.15, 0.2) is 0 Å². The van der Waals surface area contributed by atoms with Crippen LogP contribution in [0.1, 0.15) is 37.2 Å². The maximum atomic E-state index is 12.5. The minimum absolute atomic E-state index is 0.0926. The van der Waals surface area contributed by atoms with Gasteiger partial charge in [-0.25, -0.2) is 4.68 Å². The Hall–Kier alpha value is -1.23. The zero-order valence-corrected chi connectivity index (χ0v) is 10.7. The van der Waals surface area contributed by atoms with Crippen LogP contribution in [-0.2, 0) is 7.05 Å². The Labute approximate surface area is 96.4 Å². The number of ketones is 1. The van der Waals surface area contributed by atoms with Crippen LogP contribution in [-0.4, -0.2) is 45.3 Å². The van der Waals surface area contributed by atoms with Crippen LogP contribution in [0.15, 0.2) is 6.20 Å². The summed E-state index contributed by atoms with van der Waals surface area (Å²) in [6.45, 7) is 4.07. The fourth-order valence-electron chi connectivity index (χ4n) is 2.14. The van der Waals surface area contributed by atoms with E-state index >= 15 is 0 Å². The molecular formula is C11H20N4O. The van der Waals surface area contributed by atoms with E-state index in [-0.39, 0.29) is 5.78 Å². The number of hydrogen-bond donors (Lipinski definition) is 0. The van der Waals surface area contributed by atoms with Gasteiger partial charge in [-0.05, 0) is 26.9 Å². The van der Waals surface area contributed by atoms with E-state index in [9.17, 15) is 4.79 Å². The first kappa shape index (κ1) is 12.8. The minimum atomic E-state index is -0.449. The third-order valence-electron chi connectivity index (χ3n) is 3.40. The molecular weight excluding hydrogens is 204 g/mol. The van der Waals surface area contributed by atoms with Gasteiger partial charge in [0.2, 0.25) is 5.78 Å². The van der Waals surface area contributed by atoms with Crippen molar-refractivity contribution in [1.82, 2.24) is 19.9 Å². The van der Waals surface area contributed by atoms with Crippen molar-refractivity contribution >= 4 is 5.78 Å². The van der Waals surface area contributed by atoms with E-state index in [4.69, 9.17) is 0 Å². The van der Waals surface area contributed by atoms with E-state index in [1.165, 1.54) is 10.9 Å². The molecule has 0 radical (unpaired) electrons. The van der Waals surface area contributed by atoms with Gasteiger partial charge in [0, 0.05) is 7.05 Å². The van der Waals surface area contributed by atoms with Gasteiger partial charge in [-0.3, -0.25) is 9.69 Å². The fraction of sp³-hybridized carbons (Fsp3) is 0.727. The smallest absolute Gasteiger partial charge is 0.202 e. The summed E-state index contributed by atoms with van der Waals surface area (Å²) in [4.78, 5) is 14.5. The molecule has 5 nitrogen and oxygen atoms in total. The van der Waals surface area contributed by atoms with Crippen molar-refractivity contribution in [2.75, 3.05) is 14.1 Å². The summed E-state index contributed by atoms with van der Waals surface area (Å²) in [6.07, 6.45) is 3.09. The van der Waals surface area contributed by atoms with Crippen molar-refractivity contribution in [2.45, 2.75) is 32.2 Å². The highest BCUT2D eigenvalue weighted by atomic mass is 16.1. The first-order chi connectivity index (χ1) is 7.49. The number of aromatic nitrogens is 3. The average molecular weight is 224 g/mol. The lowest BCUT2D eigenvalue weighted by Gasteiger charge is -2.36. The largest absolute Gasteiger partial charge is 0.297 e. The van der Waals surface area contributed by atoms with Crippen LogP contribution in [0, 0.1) is 0 Å². The summed E-state index contributed by atoms with van der Waals surface area (Å²) < 4.78 is 1.53. The summed E-state index contributed by atoms with van der Waals surface area (Å²) >= 11 is 0. The van der Waals surface area contributed by atoms with Crippen molar-refractivity contribution in [3.8, 4) is 0 Å². The van der Waals surface area contributed by atoms with Gasteiger partial charge in [-0.2, -0.15) is 0 Å². The molecule has 0 N–H and O–H groups in total. The summed E-state index contributed by atoms with van der Waals surface area (Å²) in [5.74, 6) is 0.0926. The van der Waals surface area contributed by atoms with Gasteiger partial charge >= 0.3 is 0 Å². The lowest BCUT2D eigenvalue weighted by Crippen LogP contribution is -2.50. The molecule has 1 aromatic rings. The molecule has 0 atom stereocenters. The molecule has 0 saturated heterocycles. The zero-order valence-electron chi connectivity index (χ0n) is 10.7. The summed E-state index contributed by atoms with van der Waals surface area (Å²) in [5, 5.41) is 7.56. The van der Waals surface area contributed by atoms with Gasteiger partial charge in [-0.1, -0.05) is 19.1 Å². The molecule has 5 heteroatoms. The standard InChI is InChI=1S/C11H20N4O/c1-6-11(7-2,14(3)4)10(16)9-8-12-13-15(9)5/h8H,6-7H2,1-5H3. The average Bonchev–Trinajstić information content (AvgIpc) is 2.66. The number of aryl methyl sites for hydroxylation is 1. The number of nitrogens with zero attached hydrogens (tertiary/aromatic N) is 4. The lowest BCUT2D eigenvalue weighted by molar-refractivity contribution is 0.0645. The number of Topliss-reactive ketones (excluding diaryl/α,β-unsaturated/α-hetero) is 1. The maximum Gasteiger partial charge on any atom is 0.202 e. The van der Waals surface area contributed by atoms with Crippen LogP contribution in [0.3, 0.4) is 0 Å². The fourth-order valence-corrected chi connectivity index (χ4v) is 2.14. The third kappa shape index (κ3) is 1.87. The highest BCUT2D eigenvalue weighted by Gasteiger charge is 2.39. The predicted molar refractivity (Wildman–Crippen MR) is 62.3 cm³/mol. The predicted octanol–water partition coefficient (Wildman–Crippen LogP) is 1.12. The summed E-state index contributed by atoms with van der Waals surface area (Å²) in [6, 6.07) is 0. The van der Waals surface area contributed by atoms with Gasteiger partial charge < -0.3 is 0 Å². The molecule has 1 rings (SSSR count). The lowest BCUT2D eigenvalue weighted by atomic mass is 9.85. The molecule has 0 aliphatic heterocycles. The molecule has 0 amide bonds. The van der Waals surface area contributed by atoms with Crippen molar-refractivity contribution < 1.29 is 4.79 Å². The number of carbonyl (C=O) groups is 1. The van der Waals surface area contributed by atoms with Crippen LogP contribution >= 0.6 is 0 Å². The van der Waals surface area contributed by atoms with Crippen LogP contribution in [0.5, 0.6) is 0 Å². The number of hydrogen-bond acceptors (Lipinski definition) is 4. The molecule has 16 heavy (non-hydrogen) atoms. The van der Waals surface area contributed by atoms with Crippen molar-refractivity contribution in [2.24, 2.45) is 7.05 Å². The zero-order chi connectivity index (χ0) is 12.3. The highest BCUT2D eigenvalue weighted by Crippen LogP contribution is 2.25. The number of likely N-dealkylation sites (N-methyl/N-ethyl adjacent to an activating group) is 1. The second kappa shape index (κ2) is 4.74. The molecule has 0 aromatic carbocycles. The first-order valence-corrected chi connectivity index (χ1v) is 5.56. The minimum Gasteiger partial charge on any atom is -0.297 e. The molecule has 0 fully saturated rings. The molecule has 1 aromatic heterocycles. The van der Waals surface area contributed by atoms with E-state index < -0.39 is 5.54 Å². The Morgan fingerprint density at radius 2 is 2.00 bits per heavy atom. The van der Waals surface area contributed by atoms with Gasteiger partial charge in [-0.15, -0.1) is 5.10 Å². The van der Waals surface area contributed by atoms with E-state index in [0.29, 0.717) is 5.69 Å². The Morgan fingerprint density at radius 1 is 1.44 bits per heavy atom. The van der Waals surface area contributed by atoms with E-state index in [1.54, 1.807) is 7.05 Å². The summed E-state index contributed by atoms with van der Waals surface area (Å²) in [7, 11) is 5.62. The number of carbonyl (C=O) groups excluding carboxylic acids is 1. The third-order valence-corrected chi connectivity index (χ3v) is 3.40. The molecule has 0 unspecified atom stereocenters. The van der Waals surface area contributed by atoms with Crippen LogP contribution in [0.4, 0.5) is 0 Å². The van der Waals surface area contributed by atoms with Crippen molar-refractivity contribution in [3.63, 3.8) is 0 Å². The topological polar surface area (TPSA) is 51.0 Å². The molecule has 0 bridgehead atoms. The Bertz CT molecular complexity index is 366. The molecule has 1 heterocycles. The van der Waals surface area contributed by atoms with Gasteiger partial charge in [0.25, 0.3) is 0 Å². The Balaban J connectivity index is 3.15. The molecule has 0 aliphatic carbocycles. The number of rotatable bonds is 5. The van der Waals surface area contributed by atoms with E-state index in [0.717, 1.165) is 12.8 Å². The Kier molecular flexibility index (Phi) is 3.80. The SMILES string of the molecule is CCC(CC)(C(=O)c1cnnn1C)N(C)C. The molecule has 0 aliphatic rings. The van der Waals surface area contributed by atoms with E-state index in [1.807, 2.05) is 32.8 Å². The van der Waals surface area contributed by atoms with Crippen LogP contribution < -0.4 is 0 Å². The van der Waals surface area contributed by atoms with Gasteiger partial charge in [0.05, 0.1) is 11.7 Å². The molecule has 0 saturated carbocycles. The first-order valence-electron chi connectivity index (χ1n) is 5.56. The molecule has 90 valence electrons. The second-order valence-electron chi connectivity index (χ2n) is 4.21.